The molecule has 8 heteroatoms. The molecule has 0 aliphatic rings. The molecule has 144 valence electrons. The first-order valence-corrected chi connectivity index (χ1v) is 9.72. The second-order valence-corrected chi connectivity index (χ2v) is 7.96. The zero-order valence-corrected chi connectivity index (χ0v) is 16.6. The highest BCUT2D eigenvalue weighted by Crippen LogP contribution is 2.33. The third kappa shape index (κ3) is 5.07. The number of methoxy groups -OCH3 is 1. The van der Waals surface area contributed by atoms with Gasteiger partial charge in [0.25, 0.3) is 15.9 Å². The van der Waals surface area contributed by atoms with Gasteiger partial charge in [0, 0.05) is 5.71 Å². The molecule has 2 aromatic rings. The fraction of sp³-hybridized carbons (Fsp3) is 0.263. The fourth-order valence-corrected chi connectivity index (χ4v) is 3.80. The van der Waals surface area contributed by atoms with E-state index in [0.29, 0.717) is 11.5 Å². The van der Waals surface area contributed by atoms with Gasteiger partial charge in [0.15, 0.2) is 0 Å². The van der Waals surface area contributed by atoms with Gasteiger partial charge in [-0.25, -0.2) is 13.8 Å². The number of carbonyl (C=O) groups is 1. The van der Waals surface area contributed by atoms with E-state index >= 15 is 0 Å². The highest BCUT2D eigenvalue weighted by Gasteiger charge is 2.29. The Labute approximate surface area is 159 Å². The maximum absolute atomic E-state index is 13.2. The number of nitrogens with zero attached hydrogens (tertiary/aromatic N) is 2. The third-order valence-electron chi connectivity index (χ3n) is 3.63. The van der Waals surface area contributed by atoms with Crippen LogP contribution in [0.3, 0.4) is 0 Å². The second kappa shape index (κ2) is 8.68. The number of rotatable bonds is 7. The molecule has 0 atom stereocenters. The van der Waals surface area contributed by atoms with Crippen LogP contribution in [0.15, 0.2) is 58.5 Å². The van der Waals surface area contributed by atoms with E-state index in [0.717, 1.165) is 9.87 Å². The molecule has 0 aliphatic heterocycles. The minimum Gasteiger partial charge on any atom is -0.495 e. The van der Waals surface area contributed by atoms with Crippen molar-refractivity contribution < 1.29 is 17.9 Å². The number of benzene rings is 2. The highest BCUT2D eigenvalue weighted by molar-refractivity contribution is 7.92. The summed E-state index contributed by atoms with van der Waals surface area (Å²) < 4.78 is 32.8. The summed E-state index contributed by atoms with van der Waals surface area (Å²) in [6.45, 7) is 4.85. The lowest BCUT2D eigenvalue weighted by Crippen LogP contribution is -2.40. The zero-order valence-electron chi connectivity index (χ0n) is 15.8. The van der Waals surface area contributed by atoms with Crippen molar-refractivity contribution in [3.05, 3.63) is 54.1 Å². The molecule has 0 bridgehead atoms. The van der Waals surface area contributed by atoms with Crippen LogP contribution in [0.2, 0.25) is 0 Å². The largest absolute Gasteiger partial charge is 0.495 e. The summed E-state index contributed by atoms with van der Waals surface area (Å²) >= 11 is 0. The first-order valence-electron chi connectivity index (χ1n) is 8.28. The molecule has 0 unspecified atom stereocenters. The van der Waals surface area contributed by atoms with Gasteiger partial charge < -0.3 is 4.74 Å². The van der Waals surface area contributed by atoms with Crippen molar-refractivity contribution in [2.24, 2.45) is 5.10 Å². The summed E-state index contributed by atoms with van der Waals surface area (Å²) in [5.74, 6) is -0.206. The van der Waals surface area contributed by atoms with E-state index < -0.39 is 22.5 Å². The molecule has 0 saturated heterocycles. The number of hydrogen-bond acceptors (Lipinski definition) is 5. The molecule has 1 N–H and O–H groups in total. The predicted octanol–water partition coefficient (Wildman–Crippen LogP) is 2.71. The van der Waals surface area contributed by atoms with Crippen LogP contribution in [-0.4, -0.2) is 33.7 Å². The summed E-state index contributed by atoms with van der Waals surface area (Å²) in [7, 11) is -2.54. The van der Waals surface area contributed by atoms with Crippen LogP contribution in [0, 0.1) is 6.92 Å². The topological polar surface area (TPSA) is 88.1 Å². The Morgan fingerprint density at radius 3 is 2.41 bits per heavy atom. The Kier molecular flexibility index (Phi) is 6.57. The van der Waals surface area contributed by atoms with Crippen molar-refractivity contribution in [1.29, 1.82) is 0 Å². The summed E-state index contributed by atoms with van der Waals surface area (Å²) in [5, 5.41) is 3.85. The van der Waals surface area contributed by atoms with Crippen molar-refractivity contribution in [3.8, 4) is 5.75 Å². The lowest BCUT2D eigenvalue weighted by Gasteiger charge is -2.25. The molecule has 0 fully saturated rings. The van der Waals surface area contributed by atoms with Crippen LogP contribution >= 0.6 is 0 Å². The molecular weight excluding hydrogens is 366 g/mol. The first kappa shape index (κ1) is 20.4. The molecular formula is C19H23N3O4S. The van der Waals surface area contributed by atoms with Crippen LogP contribution in [0.5, 0.6) is 5.75 Å². The van der Waals surface area contributed by atoms with Gasteiger partial charge >= 0.3 is 0 Å². The van der Waals surface area contributed by atoms with Crippen LogP contribution in [-0.2, 0) is 14.8 Å². The van der Waals surface area contributed by atoms with Gasteiger partial charge in [-0.1, -0.05) is 24.3 Å². The minimum atomic E-state index is -3.99. The van der Waals surface area contributed by atoms with Gasteiger partial charge in [-0.3, -0.25) is 9.10 Å². The maximum Gasteiger partial charge on any atom is 0.264 e. The molecule has 1 amide bonds. The Hall–Kier alpha value is -2.87. The number of sulfonamides is 1. The van der Waals surface area contributed by atoms with E-state index in [9.17, 15) is 13.2 Å². The number of ether oxygens (including phenoxy) is 1. The Balaban J connectivity index is 2.54. The number of carbonyl (C=O) groups excluding carboxylic acids is 1. The van der Waals surface area contributed by atoms with Crippen LogP contribution in [0.25, 0.3) is 0 Å². The molecule has 0 heterocycles. The highest BCUT2D eigenvalue weighted by atomic mass is 32.2. The maximum atomic E-state index is 13.2. The molecule has 0 aliphatic carbocycles. The average molecular weight is 389 g/mol. The summed E-state index contributed by atoms with van der Waals surface area (Å²) in [5.41, 5.74) is 4.13. The second-order valence-electron chi connectivity index (χ2n) is 6.09. The molecule has 0 aromatic heterocycles. The normalized spacial score (nSPS) is 10.8. The summed E-state index contributed by atoms with van der Waals surface area (Å²) in [6, 6.07) is 13.1. The Morgan fingerprint density at radius 2 is 1.81 bits per heavy atom. The van der Waals surface area contributed by atoms with Gasteiger partial charge in [0.05, 0.1) is 17.7 Å². The van der Waals surface area contributed by atoms with E-state index in [1.54, 1.807) is 50.2 Å². The smallest absolute Gasteiger partial charge is 0.264 e. The fourth-order valence-electron chi connectivity index (χ4n) is 2.35. The molecule has 27 heavy (non-hydrogen) atoms. The van der Waals surface area contributed by atoms with Crippen molar-refractivity contribution in [2.75, 3.05) is 18.0 Å². The molecule has 2 rings (SSSR count). The molecule has 0 saturated carbocycles. The standard InChI is InChI=1S/C19H23N3O4S/c1-14(2)20-21-19(23)13-22(17-12-15(3)10-11-18(17)26-4)27(24,25)16-8-6-5-7-9-16/h5-12H,13H2,1-4H3,(H,21,23). The summed E-state index contributed by atoms with van der Waals surface area (Å²) in [4.78, 5) is 12.4. The lowest BCUT2D eigenvalue weighted by molar-refractivity contribution is -0.119. The summed E-state index contributed by atoms with van der Waals surface area (Å²) in [6.07, 6.45) is 0. The average Bonchev–Trinajstić information content (AvgIpc) is 2.65. The first-order chi connectivity index (χ1) is 12.8. The minimum absolute atomic E-state index is 0.0801. The van der Waals surface area contributed by atoms with Crippen molar-refractivity contribution >= 4 is 27.3 Å². The number of hydrogen-bond donors (Lipinski definition) is 1. The van der Waals surface area contributed by atoms with Crippen molar-refractivity contribution in [2.45, 2.75) is 25.7 Å². The van der Waals surface area contributed by atoms with E-state index in [1.807, 2.05) is 6.92 Å². The van der Waals surface area contributed by atoms with E-state index in [1.165, 1.54) is 19.2 Å². The lowest BCUT2D eigenvalue weighted by atomic mass is 10.2. The van der Waals surface area contributed by atoms with Crippen LogP contribution in [0.4, 0.5) is 5.69 Å². The zero-order chi connectivity index (χ0) is 20.0. The molecule has 2 aromatic carbocycles. The van der Waals surface area contributed by atoms with Gasteiger partial charge in [0.1, 0.15) is 12.3 Å². The Morgan fingerprint density at radius 1 is 1.15 bits per heavy atom. The molecule has 7 nitrogen and oxygen atoms in total. The van der Waals surface area contributed by atoms with Crippen molar-refractivity contribution in [3.63, 3.8) is 0 Å². The number of hydrazone groups is 1. The van der Waals surface area contributed by atoms with Gasteiger partial charge in [-0.05, 0) is 50.6 Å². The monoisotopic (exact) mass is 389 g/mol. The van der Waals surface area contributed by atoms with Gasteiger partial charge in [0.2, 0.25) is 0 Å². The molecule has 0 spiro atoms. The van der Waals surface area contributed by atoms with E-state index in [4.69, 9.17) is 4.74 Å². The van der Waals surface area contributed by atoms with Gasteiger partial charge in [-0.15, -0.1) is 0 Å². The quantitative estimate of drug-likeness (QED) is 0.583. The van der Waals surface area contributed by atoms with E-state index in [-0.39, 0.29) is 10.6 Å². The number of amides is 1. The number of anilines is 1. The third-order valence-corrected chi connectivity index (χ3v) is 5.40. The number of aryl methyl sites for hydroxylation is 1. The van der Waals surface area contributed by atoms with Crippen LogP contribution < -0.4 is 14.5 Å². The SMILES string of the molecule is COc1ccc(C)cc1N(CC(=O)NN=C(C)C)S(=O)(=O)c1ccccc1. The molecule has 0 radical (unpaired) electrons. The number of nitrogens with one attached hydrogen (secondary N) is 1. The van der Waals surface area contributed by atoms with Crippen molar-refractivity contribution in [1.82, 2.24) is 5.43 Å². The van der Waals surface area contributed by atoms with Gasteiger partial charge in [-0.2, -0.15) is 5.10 Å². The van der Waals surface area contributed by atoms with E-state index in [2.05, 4.69) is 10.5 Å². The predicted molar refractivity (Wildman–Crippen MR) is 106 cm³/mol. The Bertz CT molecular complexity index is 937. The van der Waals surface area contributed by atoms with Crippen LogP contribution in [0.1, 0.15) is 19.4 Å².